The summed E-state index contributed by atoms with van der Waals surface area (Å²) >= 11 is 6.03. The first-order valence-corrected chi connectivity index (χ1v) is 13.0. The fourth-order valence-corrected chi connectivity index (χ4v) is 5.26. The number of sulfonamides is 1. The molecule has 3 aromatic rings. The van der Waals surface area contributed by atoms with E-state index in [1.54, 1.807) is 42.7 Å². The van der Waals surface area contributed by atoms with Crippen LogP contribution in [0.5, 0.6) is 5.88 Å². The average molecular weight is 516 g/mol. The van der Waals surface area contributed by atoms with Gasteiger partial charge in [0.25, 0.3) is 10.0 Å². The molecule has 0 aliphatic heterocycles. The number of nitrogens with zero attached hydrogens (tertiary/aromatic N) is 3. The third-order valence-electron chi connectivity index (χ3n) is 5.61. The molecule has 0 bridgehead atoms. The number of ether oxygens (including phenoxy) is 1. The number of pyridine rings is 1. The van der Waals surface area contributed by atoms with Gasteiger partial charge in [-0.25, -0.2) is 18.4 Å². The number of anilines is 2. The standard InChI is InChI=1S/C24H26ClN5O4S/c1-34-23-17(8-13-22(29-23)30-35(32,33)21-5-3-2-4-20(21)25)7-6-16-14-26-24(27-15-16)28-18-9-11-19(31)12-10-18/h2-8,13-15,18-19,31H,9-12H2,1H3,(H,29,30)(H,26,27,28)/b7-6+. The summed E-state index contributed by atoms with van der Waals surface area (Å²) in [5, 5.41) is 13.1. The van der Waals surface area contributed by atoms with Crippen molar-refractivity contribution >= 4 is 45.5 Å². The van der Waals surface area contributed by atoms with E-state index in [1.165, 1.54) is 19.2 Å². The zero-order valence-electron chi connectivity index (χ0n) is 19.1. The van der Waals surface area contributed by atoms with Gasteiger partial charge in [-0.05, 0) is 56.0 Å². The van der Waals surface area contributed by atoms with Gasteiger partial charge in [-0.3, -0.25) is 4.72 Å². The van der Waals surface area contributed by atoms with E-state index in [0.717, 1.165) is 31.2 Å². The fourth-order valence-electron chi connectivity index (χ4n) is 3.74. The van der Waals surface area contributed by atoms with E-state index < -0.39 is 10.0 Å². The van der Waals surface area contributed by atoms with Crippen LogP contribution >= 0.6 is 11.6 Å². The van der Waals surface area contributed by atoms with Crippen molar-refractivity contribution in [2.45, 2.75) is 42.7 Å². The Bertz CT molecular complexity index is 1290. The molecule has 1 saturated carbocycles. The van der Waals surface area contributed by atoms with Crippen LogP contribution in [-0.4, -0.2) is 47.7 Å². The van der Waals surface area contributed by atoms with Crippen LogP contribution in [0.4, 0.5) is 11.8 Å². The summed E-state index contributed by atoms with van der Waals surface area (Å²) in [7, 11) is -2.45. The number of aromatic nitrogens is 3. The number of halogens is 1. The molecule has 0 saturated heterocycles. The second kappa shape index (κ2) is 11.0. The second-order valence-corrected chi connectivity index (χ2v) is 10.2. The molecule has 2 heterocycles. The first kappa shape index (κ1) is 24.9. The van der Waals surface area contributed by atoms with Crippen molar-refractivity contribution in [1.29, 1.82) is 0 Å². The first-order valence-electron chi connectivity index (χ1n) is 11.1. The van der Waals surface area contributed by atoms with E-state index >= 15 is 0 Å². The lowest BCUT2D eigenvalue weighted by atomic mass is 9.93. The van der Waals surface area contributed by atoms with Crippen LogP contribution in [0.1, 0.15) is 36.8 Å². The quantitative estimate of drug-likeness (QED) is 0.407. The first-order chi connectivity index (χ1) is 16.8. The van der Waals surface area contributed by atoms with Crippen molar-refractivity contribution in [2.75, 3.05) is 17.1 Å². The zero-order chi connectivity index (χ0) is 24.8. The average Bonchev–Trinajstić information content (AvgIpc) is 2.85. The Hall–Kier alpha value is -3.21. The summed E-state index contributed by atoms with van der Waals surface area (Å²) in [5.74, 6) is 0.908. The molecule has 0 radical (unpaired) electrons. The van der Waals surface area contributed by atoms with E-state index in [2.05, 4.69) is 25.0 Å². The predicted molar refractivity (Wildman–Crippen MR) is 136 cm³/mol. The third kappa shape index (κ3) is 6.47. The lowest BCUT2D eigenvalue weighted by Gasteiger charge is -2.26. The molecular weight excluding hydrogens is 490 g/mol. The lowest BCUT2D eigenvalue weighted by Crippen LogP contribution is -2.28. The highest BCUT2D eigenvalue weighted by atomic mass is 35.5. The van der Waals surface area contributed by atoms with E-state index in [9.17, 15) is 13.5 Å². The van der Waals surface area contributed by atoms with Crippen LogP contribution in [0.25, 0.3) is 12.2 Å². The van der Waals surface area contributed by atoms with Crippen molar-refractivity contribution in [1.82, 2.24) is 15.0 Å². The molecule has 0 amide bonds. The maximum atomic E-state index is 12.7. The molecule has 3 N–H and O–H groups in total. The van der Waals surface area contributed by atoms with Gasteiger partial charge < -0.3 is 15.2 Å². The molecule has 4 rings (SSSR count). The molecule has 1 aliphatic rings. The summed E-state index contributed by atoms with van der Waals surface area (Å²) in [6.45, 7) is 0. The zero-order valence-corrected chi connectivity index (χ0v) is 20.6. The molecular formula is C24H26ClN5O4S. The number of aliphatic hydroxyl groups is 1. The monoisotopic (exact) mass is 515 g/mol. The normalized spacial score (nSPS) is 18.4. The molecule has 11 heteroatoms. The third-order valence-corrected chi connectivity index (χ3v) is 7.46. The summed E-state index contributed by atoms with van der Waals surface area (Å²) in [4.78, 5) is 13.0. The van der Waals surface area contributed by atoms with Gasteiger partial charge in [0, 0.05) is 29.6 Å². The Labute approximate surface area is 209 Å². The highest BCUT2D eigenvalue weighted by Gasteiger charge is 2.20. The number of rotatable bonds is 8. The Balaban J connectivity index is 1.43. The van der Waals surface area contributed by atoms with Gasteiger partial charge in [0.2, 0.25) is 11.8 Å². The number of hydrogen-bond donors (Lipinski definition) is 3. The maximum absolute atomic E-state index is 12.7. The van der Waals surface area contributed by atoms with Gasteiger partial charge in [0.1, 0.15) is 10.7 Å². The molecule has 0 spiro atoms. The summed E-state index contributed by atoms with van der Waals surface area (Å²) < 4.78 is 33.1. The van der Waals surface area contributed by atoms with Crippen molar-refractivity contribution in [2.24, 2.45) is 0 Å². The topological polar surface area (TPSA) is 126 Å². The van der Waals surface area contributed by atoms with Crippen LogP contribution in [0.2, 0.25) is 5.02 Å². The molecule has 184 valence electrons. The lowest BCUT2D eigenvalue weighted by molar-refractivity contribution is 0.126. The maximum Gasteiger partial charge on any atom is 0.264 e. The van der Waals surface area contributed by atoms with Crippen LogP contribution < -0.4 is 14.8 Å². The van der Waals surface area contributed by atoms with Gasteiger partial charge in [0.05, 0.1) is 18.2 Å². The van der Waals surface area contributed by atoms with Crippen molar-refractivity contribution in [3.05, 3.63) is 64.9 Å². The highest BCUT2D eigenvalue weighted by molar-refractivity contribution is 7.92. The molecule has 2 aromatic heterocycles. The van der Waals surface area contributed by atoms with Gasteiger partial charge >= 0.3 is 0 Å². The van der Waals surface area contributed by atoms with Gasteiger partial charge in [0.15, 0.2) is 0 Å². The van der Waals surface area contributed by atoms with Gasteiger partial charge in [-0.1, -0.05) is 29.8 Å². The van der Waals surface area contributed by atoms with Gasteiger partial charge in [-0.15, -0.1) is 0 Å². The van der Waals surface area contributed by atoms with Crippen molar-refractivity contribution < 1.29 is 18.3 Å². The number of hydrogen-bond acceptors (Lipinski definition) is 8. The fraction of sp³-hybridized carbons (Fsp3) is 0.292. The summed E-state index contributed by atoms with van der Waals surface area (Å²) in [6.07, 6.45) is 10.2. The molecule has 1 aliphatic carbocycles. The Morgan fingerprint density at radius 1 is 1.06 bits per heavy atom. The molecule has 35 heavy (non-hydrogen) atoms. The highest BCUT2D eigenvalue weighted by Crippen LogP contribution is 2.26. The van der Waals surface area contributed by atoms with Crippen molar-refractivity contribution in [3.8, 4) is 5.88 Å². The van der Waals surface area contributed by atoms with Crippen LogP contribution in [0, 0.1) is 0 Å². The molecule has 1 aromatic carbocycles. The predicted octanol–water partition coefficient (Wildman–Crippen LogP) is 4.22. The van der Waals surface area contributed by atoms with Crippen LogP contribution in [-0.2, 0) is 10.0 Å². The SMILES string of the molecule is COc1nc(NS(=O)(=O)c2ccccc2Cl)ccc1/C=C/c1cnc(NC2CCC(O)CC2)nc1. The Kier molecular flexibility index (Phi) is 7.84. The molecule has 0 unspecified atom stereocenters. The van der Waals surface area contributed by atoms with Crippen molar-refractivity contribution in [3.63, 3.8) is 0 Å². The Morgan fingerprint density at radius 3 is 2.46 bits per heavy atom. The number of benzene rings is 1. The summed E-state index contributed by atoms with van der Waals surface area (Å²) in [5.41, 5.74) is 1.43. The number of nitrogens with one attached hydrogen (secondary N) is 2. The minimum atomic E-state index is -3.91. The molecule has 9 nitrogen and oxygen atoms in total. The smallest absolute Gasteiger partial charge is 0.264 e. The number of aliphatic hydroxyl groups excluding tert-OH is 1. The molecule has 1 fully saturated rings. The summed E-state index contributed by atoms with van der Waals surface area (Å²) in [6, 6.07) is 9.68. The largest absolute Gasteiger partial charge is 0.481 e. The minimum absolute atomic E-state index is 0.0366. The molecule has 0 atom stereocenters. The van der Waals surface area contributed by atoms with E-state index in [1.807, 2.05) is 6.08 Å². The van der Waals surface area contributed by atoms with E-state index in [0.29, 0.717) is 11.5 Å². The van der Waals surface area contributed by atoms with Gasteiger partial charge in [-0.2, -0.15) is 4.98 Å². The van der Waals surface area contributed by atoms with Crippen LogP contribution in [0.15, 0.2) is 53.7 Å². The van der Waals surface area contributed by atoms with Crippen LogP contribution in [0.3, 0.4) is 0 Å². The second-order valence-electron chi connectivity index (χ2n) is 8.15. The number of methoxy groups -OCH3 is 1. The minimum Gasteiger partial charge on any atom is -0.481 e. The Morgan fingerprint density at radius 2 is 1.77 bits per heavy atom. The van der Waals surface area contributed by atoms with E-state index in [4.69, 9.17) is 16.3 Å². The van der Waals surface area contributed by atoms with E-state index in [-0.39, 0.29) is 33.8 Å².